The fourth-order valence-electron chi connectivity index (χ4n) is 1.84. The van der Waals surface area contributed by atoms with Crippen molar-refractivity contribution in [3.05, 3.63) is 11.9 Å². The number of nitrogens with two attached hydrogens (primary N) is 1. The molecule has 2 rings (SSSR count). The maximum Gasteiger partial charge on any atom is 0.246 e. The molecule has 2 heterocycles. The molecule has 2 N–H and O–H groups in total. The molecule has 6 nitrogen and oxygen atoms in total. The Bertz CT molecular complexity index is 494. The molecule has 0 radical (unpaired) electrons. The van der Waals surface area contributed by atoms with Crippen molar-refractivity contribution in [3.63, 3.8) is 0 Å². The van der Waals surface area contributed by atoms with Crippen LogP contribution in [0.4, 0.5) is 0 Å². The number of aryl methyl sites for hydroxylation is 1. The van der Waals surface area contributed by atoms with Crippen LogP contribution in [0, 0.1) is 6.92 Å². The van der Waals surface area contributed by atoms with Gasteiger partial charge in [0.05, 0.1) is 11.9 Å². The quantitative estimate of drug-likeness (QED) is 0.757. The maximum absolute atomic E-state index is 12.2. The van der Waals surface area contributed by atoms with Gasteiger partial charge in [-0.15, -0.1) is 0 Å². The van der Waals surface area contributed by atoms with Crippen molar-refractivity contribution in [1.29, 1.82) is 0 Å². The van der Waals surface area contributed by atoms with E-state index in [0.717, 1.165) is 6.42 Å². The second-order valence-electron chi connectivity index (χ2n) is 4.13. The SMILES string of the molecule is Cc1c(S(=O)(=O)N2CC[C@@H](N)C2)cnn1C. The summed E-state index contributed by atoms with van der Waals surface area (Å²) in [6.45, 7) is 2.64. The van der Waals surface area contributed by atoms with Gasteiger partial charge in [0.1, 0.15) is 4.90 Å². The number of nitrogens with zero attached hydrogens (tertiary/aromatic N) is 3. The van der Waals surface area contributed by atoms with E-state index in [0.29, 0.717) is 18.8 Å². The van der Waals surface area contributed by atoms with Crippen LogP contribution in [0.3, 0.4) is 0 Å². The summed E-state index contributed by atoms with van der Waals surface area (Å²) in [5.41, 5.74) is 6.37. The predicted molar refractivity (Wildman–Crippen MR) is 59.3 cm³/mol. The van der Waals surface area contributed by atoms with Gasteiger partial charge in [-0.2, -0.15) is 9.40 Å². The number of aromatic nitrogens is 2. The number of rotatable bonds is 2. The molecule has 0 saturated carbocycles. The van der Waals surface area contributed by atoms with Gasteiger partial charge >= 0.3 is 0 Å². The summed E-state index contributed by atoms with van der Waals surface area (Å²) in [6, 6.07) is -0.0493. The summed E-state index contributed by atoms with van der Waals surface area (Å²) in [4.78, 5) is 0.282. The Hall–Kier alpha value is -0.920. The Morgan fingerprint density at radius 1 is 1.56 bits per heavy atom. The second kappa shape index (κ2) is 3.83. The van der Waals surface area contributed by atoms with Crippen LogP contribution in [-0.2, 0) is 17.1 Å². The number of hydrogen-bond donors (Lipinski definition) is 1. The zero-order valence-electron chi connectivity index (χ0n) is 9.42. The molecule has 16 heavy (non-hydrogen) atoms. The van der Waals surface area contributed by atoms with E-state index in [2.05, 4.69) is 5.10 Å². The van der Waals surface area contributed by atoms with Crippen LogP contribution in [-0.4, -0.2) is 41.6 Å². The van der Waals surface area contributed by atoms with Gasteiger partial charge in [0.25, 0.3) is 0 Å². The highest BCUT2D eigenvalue weighted by Crippen LogP contribution is 2.22. The molecule has 0 aliphatic carbocycles. The highest BCUT2D eigenvalue weighted by atomic mass is 32.2. The van der Waals surface area contributed by atoms with Crippen molar-refractivity contribution in [1.82, 2.24) is 14.1 Å². The fraction of sp³-hybridized carbons (Fsp3) is 0.667. The van der Waals surface area contributed by atoms with Crippen molar-refractivity contribution >= 4 is 10.0 Å². The predicted octanol–water partition coefficient (Wildman–Crippen LogP) is -0.550. The standard InChI is InChI=1S/C9H16N4O2S/c1-7-9(5-11-12(7)2)16(14,15)13-4-3-8(10)6-13/h5,8H,3-4,6,10H2,1-2H3/t8-/m1/s1. The van der Waals surface area contributed by atoms with Crippen molar-refractivity contribution < 1.29 is 8.42 Å². The molecule has 1 aromatic heterocycles. The van der Waals surface area contributed by atoms with Crippen LogP contribution in [0.1, 0.15) is 12.1 Å². The van der Waals surface area contributed by atoms with Crippen molar-refractivity contribution in [3.8, 4) is 0 Å². The molecule has 0 bridgehead atoms. The molecule has 7 heteroatoms. The molecular formula is C9H16N4O2S. The maximum atomic E-state index is 12.2. The minimum absolute atomic E-state index is 0.0493. The van der Waals surface area contributed by atoms with Gasteiger partial charge in [0, 0.05) is 26.2 Å². The molecule has 1 atom stereocenters. The van der Waals surface area contributed by atoms with E-state index in [4.69, 9.17) is 5.73 Å². The Labute approximate surface area is 95.1 Å². The molecule has 0 amide bonds. The van der Waals surface area contributed by atoms with E-state index in [-0.39, 0.29) is 10.9 Å². The van der Waals surface area contributed by atoms with Crippen LogP contribution in [0.15, 0.2) is 11.1 Å². The van der Waals surface area contributed by atoms with Crippen LogP contribution >= 0.6 is 0 Å². The average Bonchev–Trinajstić information content (AvgIpc) is 2.76. The normalized spacial score (nSPS) is 22.8. The van der Waals surface area contributed by atoms with Gasteiger partial charge in [0.15, 0.2) is 0 Å². The Kier molecular flexibility index (Phi) is 2.77. The zero-order chi connectivity index (χ0) is 11.9. The Morgan fingerprint density at radius 2 is 2.25 bits per heavy atom. The third-order valence-electron chi connectivity index (χ3n) is 3.00. The molecule has 1 fully saturated rings. The van der Waals surface area contributed by atoms with Gasteiger partial charge < -0.3 is 5.73 Å². The molecule has 1 aliphatic heterocycles. The van der Waals surface area contributed by atoms with Crippen LogP contribution in [0.2, 0.25) is 0 Å². The first-order valence-electron chi connectivity index (χ1n) is 5.17. The van der Waals surface area contributed by atoms with Crippen molar-refractivity contribution in [2.24, 2.45) is 12.8 Å². The largest absolute Gasteiger partial charge is 0.326 e. The minimum Gasteiger partial charge on any atom is -0.326 e. The third-order valence-corrected chi connectivity index (χ3v) is 4.96. The summed E-state index contributed by atoms with van der Waals surface area (Å²) in [6.07, 6.45) is 2.12. The lowest BCUT2D eigenvalue weighted by atomic mass is 10.3. The van der Waals surface area contributed by atoms with E-state index < -0.39 is 10.0 Å². The van der Waals surface area contributed by atoms with Gasteiger partial charge in [-0.05, 0) is 13.3 Å². The topological polar surface area (TPSA) is 81.2 Å². The lowest BCUT2D eigenvalue weighted by molar-refractivity contribution is 0.472. The molecule has 1 saturated heterocycles. The third kappa shape index (κ3) is 1.74. The number of sulfonamides is 1. The summed E-state index contributed by atoms with van der Waals surface area (Å²) in [5, 5.41) is 3.95. The Balaban J connectivity index is 2.36. The van der Waals surface area contributed by atoms with Gasteiger partial charge in [0.2, 0.25) is 10.0 Å². The number of hydrogen-bond acceptors (Lipinski definition) is 4. The van der Waals surface area contributed by atoms with E-state index >= 15 is 0 Å². The molecule has 0 unspecified atom stereocenters. The monoisotopic (exact) mass is 244 g/mol. The minimum atomic E-state index is -3.41. The molecule has 0 spiro atoms. The highest BCUT2D eigenvalue weighted by molar-refractivity contribution is 7.89. The molecular weight excluding hydrogens is 228 g/mol. The van der Waals surface area contributed by atoms with Crippen LogP contribution in [0.5, 0.6) is 0 Å². The van der Waals surface area contributed by atoms with Crippen LogP contribution in [0.25, 0.3) is 0 Å². The zero-order valence-corrected chi connectivity index (χ0v) is 10.2. The first kappa shape index (κ1) is 11.6. The summed E-state index contributed by atoms with van der Waals surface area (Å²) < 4.78 is 27.5. The fourth-order valence-corrected chi connectivity index (χ4v) is 3.54. The van der Waals surface area contributed by atoms with E-state index in [1.54, 1.807) is 18.7 Å². The lowest BCUT2D eigenvalue weighted by Gasteiger charge is -2.15. The summed E-state index contributed by atoms with van der Waals surface area (Å²) in [5.74, 6) is 0. The molecule has 1 aromatic rings. The smallest absolute Gasteiger partial charge is 0.246 e. The average molecular weight is 244 g/mol. The first-order valence-corrected chi connectivity index (χ1v) is 6.61. The van der Waals surface area contributed by atoms with E-state index in [1.165, 1.54) is 10.5 Å². The first-order chi connectivity index (χ1) is 7.43. The van der Waals surface area contributed by atoms with Crippen molar-refractivity contribution in [2.75, 3.05) is 13.1 Å². The molecule has 1 aliphatic rings. The summed E-state index contributed by atoms with van der Waals surface area (Å²) in [7, 11) is -1.69. The second-order valence-corrected chi connectivity index (χ2v) is 6.04. The molecule has 90 valence electrons. The lowest BCUT2D eigenvalue weighted by Crippen LogP contribution is -2.32. The molecule has 0 aromatic carbocycles. The van der Waals surface area contributed by atoms with E-state index in [9.17, 15) is 8.42 Å². The summed E-state index contributed by atoms with van der Waals surface area (Å²) >= 11 is 0. The van der Waals surface area contributed by atoms with Gasteiger partial charge in [-0.25, -0.2) is 8.42 Å². The van der Waals surface area contributed by atoms with Crippen LogP contribution < -0.4 is 5.73 Å². The highest BCUT2D eigenvalue weighted by Gasteiger charge is 2.32. The van der Waals surface area contributed by atoms with Crippen molar-refractivity contribution in [2.45, 2.75) is 24.3 Å². The Morgan fingerprint density at radius 3 is 2.69 bits per heavy atom. The van der Waals surface area contributed by atoms with Gasteiger partial charge in [-0.1, -0.05) is 0 Å². The van der Waals surface area contributed by atoms with E-state index in [1.807, 2.05) is 0 Å². The van der Waals surface area contributed by atoms with Gasteiger partial charge in [-0.3, -0.25) is 4.68 Å².